The lowest BCUT2D eigenvalue weighted by Gasteiger charge is -2.18. The first kappa shape index (κ1) is 17.0. The molecule has 0 aliphatic rings. The monoisotopic (exact) mass is 292 g/mol. The molecule has 2 amide bonds. The number of carboxylic acid groups (broad SMARTS) is 1. The Labute approximate surface area is 125 Å². The van der Waals surface area contributed by atoms with Gasteiger partial charge in [0.1, 0.15) is 0 Å². The minimum absolute atomic E-state index is 0.0721. The van der Waals surface area contributed by atoms with Crippen molar-refractivity contribution in [1.82, 2.24) is 10.6 Å². The van der Waals surface area contributed by atoms with E-state index in [1.165, 1.54) is 5.56 Å². The van der Waals surface area contributed by atoms with Crippen LogP contribution in [0.5, 0.6) is 0 Å². The normalized spacial score (nSPS) is 11.7. The van der Waals surface area contributed by atoms with Crippen molar-refractivity contribution in [2.45, 2.75) is 45.1 Å². The molecule has 1 unspecified atom stereocenters. The highest BCUT2D eigenvalue weighted by Gasteiger charge is 2.11. The summed E-state index contributed by atoms with van der Waals surface area (Å²) < 4.78 is 0. The molecule has 0 saturated heterocycles. The minimum Gasteiger partial charge on any atom is -0.481 e. The predicted octanol–water partition coefficient (Wildman–Crippen LogP) is 2.56. The van der Waals surface area contributed by atoms with Crippen LogP contribution in [0.3, 0.4) is 0 Å². The third kappa shape index (κ3) is 7.97. The summed E-state index contributed by atoms with van der Waals surface area (Å²) in [6.45, 7) is 2.47. The zero-order chi connectivity index (χ0) is 15.5. The van der Waals surface area contributed by atoms with Crippen LogP contribution in [-0.2, 0) is 11.2 Å². The van der Waals surface area contributed by atoms with Crippen LogP contribution >= 0.6 is 0 Å². The van der Waals surface area contributed by atoms with E-state index >= 15 is 0 Å². The van der Waals surface area contributed by atoms with Crippen LogP contribution in [0.25, 0.3) is 0 Å². The zero-order valence-electron chi connectivity index (χ0n) is 12.5. The van der Waals surface area contributed by atoms with Crippen LogP contribution in [0.4, 0.5) is 4.79 Å². The van der Waals surface area contributed by atoms with Crippen molar-refractivity contribution >= 4 is 12.0 Å². The van der Waals surface area contributed by atoms with E-state index in [9.17, 15) is 9.59 Å². The fourth-order valence-corrected chi connectivity index (χ4v) is 2.15. The van der Waals surface area contributed by atoms with Gasteiger partial charge in [-0.1, -0.05) is 43.7 Å². The predicted molar refractivity (Wildman–Crippen MR) is 82.2 cm³/mol. The molecule has 1 atom stereocenters. The smallest absolute Gasteiger partial charge is 0.315 e. The molecule has 0 bridgehead atoms. The fraction of sp³-hybridized carbons (Fsp3) is 0.500. The number of rotatable bonds is 9. The van der Waals surface area contributed by atoms with E-state index in [0.29, 0.717) is 13.0 Å². The number of hydrogen-bond acceptors (Lipinski definition) is 2. The molecule has 0 radical (unpaired) electrons. The summed E-state index contributed by atoms with van der Waals surface area (Å²) in [6, 6.07) is 9.92. The van der Waals surface area contributed by atoms with Gasteiger partial charge >= 0.3 is 12.0 Å². The third-order valence-corrected chi connectivity index (χ3v) is 3.15. The van der Waals surface area contributed by atoms with Crippen LogP contribution in [0.1, 0.15) is 38.2 Å². The van der Waals surface area contributed by atoms with Crippen LogP contribution in [-0.4, -0.2) is 29.7 Å². The molecule has 5 heteroatoms. The number of amides is 2. The van der Waals surface area contributed by atoms with Gasteiger partial charge in [-0.25, -0.2) is 4.79 Å². The van der Waals surface area contributed by atoms with E-state index in [2.05, 4.69) is 29.7 Å². The van der Waals surface area contributed by atoms with Gasteiger partial charge in [-0.3, -0.25) is 4.79 Å². The van der Waals surface area contributed by atoms with E-state index in [4.69, 9.17) is 5.11 Å². The van der Waals surface area contributed by atoms with Crippen LogP contribution in [0, 0.1) is 0 Å². The summed E-state index contributed by atoms with van der Waals surface area (Å²) in [5, 5.41) is 14.2. The highest BCUT2D eigenvalue weighted by molar-refractivity contribution is 5.74. The maximum Gasteiger partial charge on any atom is 0.315 e. The average Bonchev–Trinajstić information content (AvgIpc) is 2.45. The van der Waals surface area contributed by atoms with Crippen LogP contribution in [0.15, 0.2) is 30.3 Å². The summed E-state index contributed by atoms with van der Waals surface area (Å²) in [5.74, 6) is -0.842. The van der Waals surface area contributed by atoms with Gasteiger partial charge in [0.2, 0.25) is 0 Å². The Morgan fingerprint density at radius 3 is 2.57 bits per heavy atom. The molecule has 5 nitrogen and oxygen atoms in total. The Bertz CT molecular complexity index is 434. The van der Waals surface area contributed by atoms with E-state index in [0.717, 1.165) is 19.3 Å². The van der Waals surface area contributed by atoms with E-state index < -0.39 is 5.97 Å². The number of benzene rings is 1. The molecule has 1 rings (SSSR count). The summed E-state index contributed by atoms with van der Waals surface area (Å²) in [4.78, 5) is 22.2. The molecule has 116 valence electrons. The number of aliphatic carboxylic acids is 1. The first-order chi connectivity index (χ1) is 10.1. The van der Waals surface area contributed by atoms with Gasteiger partial charge in [-0.2, -0.15) is 0 Å². The lowest BCUT2D eigenvalue weighted by atomic mass is 10.0. The Morgan fingerprint density at radius 2 is 1.95 bits per heavy atom. The number of carboxylic acids is 1. The van der Waals surface area contributed by atoms with Gasteiger partial charge < -0.3 is 15.7 Å². The molecule has 0 heterocycles. The molecule has 21 heavy (non-hydrogen) atoms. The maximum absolute atomic E-state index is 11.8. The molecule has 1 aromatic rings. The number of nitrogens with one attached hydrogen (secondary N) is 2. The Kier molecular flexibility index (Phi) is 7.94. The molecular formula is C16H24N2O3. The van der Waals surface area contributed by atoms with Gasteiger partial charge in [0, 0.05) is 19.0 Å². The zero-order valence-corrected chi connectivity index (χ0v) is 12.5. The van der Waals surface area contributed by atoms with Crippen LogP contribution in [0.2, 0.25) is 0 Å². The molecule has 0 aliphatic carbocycles. The lowest BCUT2D eigenvalue weighted by Crippen LogP contribution is -2.43. The number of carbonyl (C=O) groups excluding carboxylic acids is 1. The largest absolute Gasteiger partial charge is 0.481 e. The van der Waals surface area contributed by atoms with Crippen LogP contribution < -0.4 is 10.6 Å². The Morgan fingerprint density at radius 1 is 1.24 bits per heavy atom. The standard InChI is InChI=1S/C16H24N2O3/c1-2-7-14(12-13-8-4-3-5-9-13)18-16(21)17-11-6-10-15(19)20/h3-5,8-9,14H,2,6-7,10-12H2,1H3,(H,19,20)(H2,17,18,21). The van der Waals surface area contributed by atoms with E-state index in [1.54, 1.807) is 0 Å². The molecule has 0 aromatic heterocycles. The molecule has 0 spiro atoms. The minimum atomic E-state index is -0.842. The highest BCUT2D eigenvalue weighted by atomic mass is 16.4. The van der Waals surface area contributed by atoms with Gasteiger partial charge in [0.15, 0.2) is 0 Å². The molecule has 0 aliphatic heterocycles. The van der Waals surface area contributed by atoms with Gasteiger partial charge in [-0.05, 0) is 24.8 Å². The summed E-state index contributed by atoms with van der Waals surface area (Å²) in [7, 11) is 0. The summed E-state index contributed by atoms with van der Waals surface area (Å²) in [5.41, 5.74) is 1.20. The molecule has 0 saturated carbocycles. The van der Waals surface area contributed by atoms with Gasteiger partial charge in [-0.15, -0.1) is 0 Å². The molecule has 3 N–H and O–H groups in total. The topological polar surface area (TPSA) is 78.4 Å². The van der Waals surface area contributed by atoms with Crippen molar-refractivity contribution in [3.8, 4) is 0 Å². The van der Waals surface area contributed by atoms with E-state index in [-0.39, 0.29) is 18.5 Å². The SMILES string of the molecule is CCCC(Cc1ccccc1)NC(=O)NCCCC(=O)O. The Balaban J connectivity index is 2.35. The number of hydrogen-bond donors (Lipinski definition) is 3. The quantitative estimate of drug-likeness (QED) is 0.612. The van der Waals surface area contributed by atoms with Gasteiger partial charge in [0.25, 0.3) is 0 Å². The average molecular weight is 292 g/mol. The van der Waals surface area contributed by atoms with Crippen molar-refractivity contribution in [3.63, 3.8) is 0 Å². The van der Waals surface area contributed by atoms with Crippen molar-refractivity contribution in [1.29, 1.82) is 0 Å². The van der Waals surface area contributed by atoms with Crippen molar-refractivity contribution in [2.24, 2.45) is 0 Å². The highest BCUT2D eigenvalue weighted by Crippen LogP contribution is 2.07. The van der Waals surface area contributed by atoms with Crippen molar-refractivity contribution in [2.75, 3.05) is 6.54 Å². The fourth-order valence-electron chi connectivity index (χ4n) is 2.15. The summed E-state index contributed by atoms with van der Waals surface area (Å²) in [6.07, 6.45) is 3.23. The second-order valence-corrected chi connectivity index (χ2v) is 5.07. The van der Waals surface area contributed by atoms with Crippen molar-refractivity contribution in [3.05, 3.63) is 35.9 Å². The maximum atomic E-state index is 11.8. The molecule has 1 aromatic carbocycles. The first-order valence-corrected chi connectivity index (χ1v) is 7.42. The second kappa shape index (κ2) is 9.80. The lowest BCUT2D eigenvalue weighted by molar-refractivity contribution is -0.137. The number of carbonyl (C=O) groups is 2. The first-order valence-electron chi connectivity index (χ1n) is 7.42. The second-order valence-electron chi connectivity index (χ2n) is 5.07. The van der Waals surface area contributed by atoms with E-state index in [1.807, 2.05) is 18.2 Å². The Hall–Kier alpha value is -2.04. The molecular weight excluding hydrogens is 268 g/mol. The summed E-state index contributed by atoms with van der Waals surface area (Å²) >= 11 is 0. The molecule has 0 fully saturated rings. The third-order valence-electron chi connectivity index (χ3n) is 3.15. The number of urea groups is 1. The van der Waals surface area contributed by atoms with Crippen molar-refractivity contribution < 1.29 is 14.7 Å². The van der Waals surface area contributed by atoms with Gasteiger partial charge in [0.05, 0.1) is 0 Å².